The number of ether oxygens (including phenoxy) is 1. The van der Waals surface area contributed by atoms with E-state index in [9.17, 15) is 14.7 Å². The Bertz CT molecular complexity index is 894. The van der Waals surface area contributed by atoms with Crippen LogP contribution in [0.5, 0.6) is 0 Å². The van der Waals surface area contributed by atoms with E-state index in [1.54, 1.807) is 0 Å². The number of aliphatic carboxylic acids is 1. The molecule has 5 rings (SSSR count). The molecule has 3 aliphatic rings. The minimum atomic E-state index is -0.809. The van der Waals surface area contributed by atoms with Gasteiger partial charge in [-0.3, -0.25) is 4.79 Å². The van der Waals surface area contributed by atoms with Gasteiger partial charge < -0.3 is 15.2 Å². The Labute approximate surface area is 163 Å². The molecule has 28 heavy (non-hydrogen) atoms. The highest BCUT2D eigenvalue weighted by molar-refractivity contribution is 5.79. The molecule has 0 aliphatic heterocycles. The number of carbonyl (C=O) groups excluding carboxylic acids is 1. The van der Waals surface area contributed by atoms with Gasteiger partial charge >= 0.3 is 12.1 Å². The highest BCUT2D eigenvalue weighted by Gasteiger charge is 2.51. The zero-order valence-corrected chi connectivity index (χ0v) is 15.5. The maximum atomic E-state index is 12.5. The average Bonchev–Trinajstić information content (AvgIpc) is 3.38. The number of amides is 1. The molecule has 0 radical (unpaired) electrons. The molecule has 0 unspecified atom stereocenters. The second kappa shape index (κ2) is 6.66. The van der Waals surface area contributed by atoms with Crippen molar-refractivity contribution in [1.29, 1.82) is 0 Å². The highest BCUT2D eigenvalue weighted by atomic mass is 16.5. The number of fused-ring (bicyclic) bond motifs is 5. The Morgan fingerprint density at radius 1 is 0.964 bits per heavy atom. The van der Waals surface area contributed by atoms with Crippen LogP contribution in [0.1, 0.15) is 36.3 Å². The van der Waals surface area contributed by atoms with Crippen LogP contribution in [0.15, 0.2) is 48.5 Å². The lowest BCUT2D eigenvalue weighted by Crippen LogP contribution is -2.47. The van der Waals surface area contributed by atoms with Crippen LogP contribution in [0.25, 0.3) is 11.1 Å². The number of carboxylic acid groups (broad SMARTS) is 1. The molecule has 4 atom stereocenters. The van der Waals surface area contributed by atoms with E-state index in [0.717, 1.165) is 19.3 Å². The summed E-state index contributed by atoms with van der Waals surface area (Å²) >= 11 is 0. The molecule has 5 heteroatoms. The lowest BCUT2D eigenvalue weighted by atomic mass is 9.84. The van der Waals surface area contributed by atoms with Gasteiger partial charge in [-0.2, -0.15) is 0 Å². The van der Waals surface area contributed by atoms with E-state index in [0.29, 0.717) is 0 Å². The lowest BCUT2D eigenvalue weighted by molar-refractivity contribution is -0.144. The first-order valence-corrected chi connectivity index (χ1v) is 9.98. The summed E-state index contributed by atoms with van der Waals surface area (Å²) in [5.41, 5.74) is 4.71. The first-order valence-electron chi connectivity index (χ1n) is 9.98. The van der Waals surface area contributed by atoms with Gasteiger partial charge in [-0.25, -0.2) is 4.79 Å². The van der Waals surface area contributed by atoms with E-state index in [1.165, 1.54) is 22.3 Å². The van der Waals surface area contributed by atoms with E-state index in [2.05, 4.69) is 29.6 Å². The molecule has 0 heterocycles. The van der Waals surface area contributed by atoms with Crippen molar-refractivity contribution >= 4 is 12.1 Å². The summed E-state index contributed by atoms with van der Waals surface area (Å²) in [5, 5.41) is 12.4. The number of rotatable bonds is 4. The Morgan fingerprint density at radius 2 is 1.57 bits per heavy atom. The third-order valence-corrected chi connectivity index (χ3v) is 6.83. The molecule has 2 bridgehead atoms. The minimum Gasteiger partial charge on any atom is -0.481 e. The molecule has 0 spiro atoms. The second-order valence-corrected chi connectivity index (χ2v) is 8.19. The first kappa shape index (κ1) is 17.3. The lowest BCUT2D eigenvalue weighted by Gasteiger charge is -2.28. The summed E-state index contributed by atoms with van der Waals surface area (Å²) in [6, 6.07) is 16.1. The zero-order chi connectivity index (χ0) is 19.3. The zero-order valence-electron chi connectivity index (χ0n) is 15.5. The van der Waals surface area contributed by atoms with Crippen molar-refractivity contribution in [1.82, 2.24) is 5.32 Å². The van der Waals surface area contributed by atoms with E-state index >= 15 is 0 Å². The van der Waals surface area contributed by atoms with Gasteiger partial charge in [-0.05, 0) is 53.4 Å². The van der Waals surface area contributed by atoms with Gasteiger partial charge in [0.05, 0.1) is 5.92 Å². The molecule has 0 saturated heterocycles. The van der Waals surface area contributed by atoms with E-state index < -0.39 is 18.0 Å². The van der Waals surface area contributed by atoms with Crippen molar-refractivity contribution in [3.05, 3.63) is 59.7 Å². The van der Waals surface area contributed by atoms with Crippen molar-refractivity contribution in [3.8, 4) is 11.1 Å². The van der Waals surface area contributed by atoms with Crippen LogP contribution in [0.4, 0.5) is 4.79 Å². The maximum Gasteiger partial charge on any atom is 0.407 e. The number of hydrogen-bond acceptors (Lipinski definition) is 3. The number of carbonyl (C=O) groups is 2. The number of benzene rings is 2. The molecule has 3 aliphatic carbocycles. The fraction of sp³-hybridized carbons (Fsp3) is 0.391. The van der Waals surface area contributed by atoms with Crippen LogP contribution in [-0.4, -0.2) is 29.8 Å². The largest absolute Gasteiger partial charge is 0.481 e. The SMILES string of the molecule is O=C(N[C@H]1[C@@H]2CC[C@@H](C2)[C@@H]1C(=O)O)OCC1c2ccccc2-c2ccccc21. The smallest absolute Gasteiger partial charge is 0.407 e. The summed E-state index contributed by atoms with van der Waals surface area (Å²) in [6.07, 6.45) is 2.32. The number of carboxylic acids is 1. The number of alkyl carbamates (subject to hydrolysis) is 1. The Hall–Kier alpha value is -2.82. The third kappa shape index (κ3) is 2.68. The van der Waals surface area contributed by atoms with Gasteiger partial charge in [0.25, 0.3) is 0 Å². The van der Waals surface area contributed by atoms with Crippen molar-refractivity contribution in [3.63, 3.8) is 0 Å². The molecule has 5 nitrogen and oxygen atoms in total. The molecule has 2 aromatic rings. The fourth-order valence-electron chi connectivity index (χ4n) is 5.63. The Morgan fingerprint density at radius 3 is 2.21 bits per heavy atom. The predicted molar refractivity (Wildman–Crippen MR) is 104 cm³/mol. The molecular formula is C23H23NO4. The number of hydrogen-bond donors (Lipinski definition) is 2. The van der Waals surface area contributed by atoms with Crippen LogP contribution in [0.3, 0.4) is 0 Å². The van der Waals surface area contributed by atoms with Gasteiger partial charge in [-0.15, -0.1) is 0 Å². The predicted octanol–water partition coefficient (Wildman–Crippen LogP) is 4.02. The van der Waals surface area contributed by atoms with Gasteiger partial charge in [0.1, 0.15) is 6.61 Å². The Balaban J connectivity index is 1.29. The third-order valence-electron chi connectivity index (χ3n) is 6.83. The summed E-state index contributed by atoms with van der Waals surface area (Å²) in [6.45, 7) is 0.248. The fourth-order valence-corrected chi connectivity index (χ4v) is 5.63. The van der Waals surface area contributed by atoms with Gasteiger partial charge in [-0.1, -0.05) is 48.5 Å². The average molecular weight is 377 g/mol. The molecule has 2 saturated carbocycles. The van der Waals surface area contributed by atoms with E-state index in [1.807, 2.05) is 24.3 Å². The van der Waals surface area contributed by atoms with E-state index in [4.69, 9.17) is 4.74 Å². The minimum absolute atomic E-state index is 0.00782. The van der Waals surface area contributed by atoms with Crippen molar-refractivity contribution in [2.24, 2.45) is 17.8 Å². The first-order chi connectivity index (χ1) is 13.6. The van der Waals surface area contributed by atoms with Crippen LogP contribution in [0.2, 0.25) is 0 Å². The van der Waals surface area contributed by atoms with Crippen molar-refractivity contribution in [2.45, 2.75) is 31.2 Å². The quantitative estimate of drug-likeness (QED) is 0.844. The molecule has 0 aromatic heterocycles. The molecule has 2 N–H and O–H groups in total. The molecule has 144 valence electrons. The van der Waals surface area contributed by atoms with Crippen molar-refractivity contribution < 1.29 is 19.4 Å². The van der Waals surface area contributed by atoms with Crippen LogP contribution < -0.4 is 5.32 Å². The summed E-state index contributed by atoms with van der Waals surface area (Å²) in [4.78, 5) is 24.1. The summed E-state index contributed by atoms with van der Waals surface area (Å²) < 4.78 is 5.59. The molecule has 2 fully saturated rings. The topological polar surface area (TPSA) is 75.6 Å². The van der Waals surface area contributed by atoms with Gasteiger partial charge in [0.2, 0.25) is 0 Å². The monoisotopic (exact) mass is 377 g/mol. The van der Waals surface area contributed by atoms with E-state index in [-0.39, 0.29) is 30.4 Å². The molecule has 1 amide bonds. The van der Waals surface area contributed by atoms with Crippen LogP contribution in [0, 0.1) is 17.8 Å². The molecule has 2 aromatic carbocycles. The maximum absolute atomic E-state index is 12.5. The van der Waals surface area contributed by atoms with Crippen molar-refractivity contribution in [2.75, 3.05) is 6.61 Å². The number of nitrogens with one attached hydrogen (secondary N) is 1. The normalized spacial score (nSPS) is 27.3. The standard InChI is InChI=1S/C23H23NO4/c25-22(26)20-13-9-10-14(11-13)21(20)24-23(27)28-12-19-17-7-3-1-5-15(17)16-6-2-4-8-18(16)19/h1-8,13-14,19-21H,9-12H2,(H,24,27)(H,25,26)/t13-,14+,20-,21-/m0/s1. The second-order valence-electron chi connectivity index (χ2n) is 8.19. The van der Waals surface area contributed by atoms with Gasteiger partial charge in [0.15, 0.2) is 0 Å². The van der Waals surface area contributed by atoms with Crippen LogP contribution in [-0.2, 0) is 9.53 Å². The summed E-state index contributed by atoms with van der Waals surface area (Å²) in [7, 11) is 0. The Kier molecular flexibility index (Phi) is 4.11. The van der Waals surface area contributed by atoms with Crippen LogP contribution >= 0.6 is 0 Å². The highest BCUT2D eigenvalue weighted by Crippen LogP contribution is 2.49. The molecular weight excluding hydrogens is 354 g/mol. The van der Waals surface area contributed by atoms with Gasteiger partial charge in [0, 0.05) is 12.0 Å². The summed E-state index contributed by atoms with van der Waals surface area (Å²) in [5.74, 6) is -0.850.